The first-order chi connectivity index (χ1) is 11.3. The normalized spacial score (nSPS) is 12.3. The van der Waals surface area contributed by atoms with E-state index in [9.17, 15) is 21.6 Å². The fourth-order valence-electron chi connectivity index (χ4n) is 2.39. The van der Waals surface area contributed by atoms with Gasteiger partial charge in [0.2, 0.25) is 0 Å². The highest BCUT2D eigenvalue weighted by Gasteiger charge is 2.48. The molecule has 0 heterocycles. The van der Waals surface area contributed by atoms with Gasteiger partial charge in [-0.3, -0.25) is 0 Å². The number of hydrogen-bond acceptors (Lipinski definition) is 3. The van der Waals surface area contributed by atoms with Crippen LogP contribution in [0.5, 0.6) is 5.75 Å². The molecule has 0 unspecified atom stereocenters. The van der Waals surface area contributed by atoms with E-state index in [4.69, 9.17) is 0 Å². The first-order valence-electron chi connectivity index (χ1n) is 6.87. The molecular weight excluding hydrogens is 341 g/mol. The van der Waals surface area contributed by atoms with Crippen molar-refractivity contribution in [2.24, 2.45) is 0 Å². The van der Waals surface area contributed by atoms with Crippen LogP contribution in [-0.4, -0.2) is 13.9 Å². The molecule has 0 aliphatic carbocycles. The second kappa shape index (κ2) is 5.83. The fourth-order valence-corrected chi connectivity index (χ4v) is 2.86. The number of rotatable bonds is 3. The predicted octanol–water partition coefficient (Wildman–Crippen LogP) is 4.74. The maximum absolute atomic E-state index is 12.7. The van der Waals surface area contributed by atoms with E-state index in [1.807, 2.05) is 0 Å². The van der Waals surface area contributed by atoms with E-state index < -0.39 is 15.6 Å². The Hall–Kier alpha value is -2.54. The summed E-state index contributed by atoms with van der Waals surface area (Å²) in [7, 11) is -5.75. The van der Waals surface area contributed by atoms with E-state index in [1.165, 1.54) is 12.1 Å². The number of alkyl halides is 3. The molecule has 0 atom stereocenters. The summed E-state index contributed by atoms with van der Waals surface area (Å²) in [6.07, 6.45) is 0. The summed E-state index contributed by atoms with van der Waals surface area (Å²) >= 11 is 0. The monoisotopic (exact) mass is 352 g/mol. The summed E-state index contributed by atoms with van der Waals surface area (Å²) in [5.41, 5.74) is -4.64. The van der Waals surface area contributed by atoms with Gasteiger partial charge in [0, 0.05) is 5.56 Å². The molecule has 0 bridgehead atoms. The van der Waals surface area contributed by atoms with E-state index in [0.29, 0.717) is 16.5 Å². The van der Waals surface area contributed by atoms with Crippen LogP contribution >= 0.6 is 0 Å². The molecule has 0 radical (unpaired) electrons. The highest BCUT2D eigenvalue weighted by Crippen LogP contribution is 2.39. The summed E-state index contributed by atoms with van der Waals surface area (Å²) in [6, 6.07) is 18.2. The molecule has 3 rings (SSSR count). The van der Waals surface area contributed by atoms with Crippen molar-refractivity contribution in [1.29, 1.82) is 0 Å². The molecule has 3 nitrogen and oxygen atoms in total. The van der Waals surface area contributed by atoms with E-state index in [2.05, 4.69) is 4.18 Å². The van der Waals surface area contributed by atoms with Gasteiger partial charge in [-0.2, -0.15) is 21.6 Å². The molecule has 3 aromatic rings. The van der Waals surface area contributed by atoms with Gasteiger partial charge in [0.15, 0.2) is 5.75 Å². The molecular formula is C17H11F3O3S. The molecule has 0 amide bonds. The first kappa shape index (κ1) is 16.3. The second-order valence-corrected chi connectivity index (χ2v) is 6.55. The van der Waals surface area contributed by atoms with Gasteiger partial charge in [0.1, 0.15) is 0 Å². The minimum Gasteiger partial charge on any atom is -0.375 e. The molecule has 0 aliphatic rings. The number of benzene rings is 3. The zero-order valence-corrected chi connectivity index (χ0v) is 12.9. The molecule has 0 aromatic heterocycles. The minimum absolute atomic E-state index is 0.293. The topological polar surface area (TPSA) is 43.4 Å². The van der Waals surface area contributed by atoms with Crippen LogP contribution in [0.25, 0.3) is 21.9 Å². The van der Waals surface area contributed by atoms with Gasteiger partial charge >= 0.3 is 15.6 Å². The van der Waals surface area contributed by atoms with Gasteiger partial charge < -0.3 is 4.18 Å². The number of hydrogen-bond donors (Lipinski definition) is 0. The van der Waals surface area contributed by atoms with E-state index in [0.717, 1.165) is 5.39 Å². The first-order valence-corrected chi connectivity index (χ1v) is 8.28. The molecule has 7 heteroatoms. The molecule has 0 saturated heterocycles. The molecule has 124 valence electrons. The van der Waals surface area contributed by atoms with E-state index >= 15 is 0 Å². The SMILES string of the molecule is O=S(=O)(Oc1ccc2ccccc2c1-c1ccccc1)C(F)(F)F. The van der Waals surface area contributed by atoms with Gasteiger partial charge in [-0.1, -0.05) is 60.7 Å². The Kier molecular flexibility index (Phi) is 3.96. The molecule has 24 heavy (non-hydrogen) atoms. The Balaban J connectivity index is 2.26. The van der Waals surface area contributed by atoms with Crippen LogP contribution in [0, 0.1) is 0 Å². The average molecular weight is 352 g/mol. The number of halogens is 3. The van der Waals surface area contributed by atoms with Gasteiger partial charge in [0.05, 0.1) is 0 Å². The van der Waals surface area contributed by atoms with Crippen molar-refractivity contribution in [1.82, 2.24) is 0 Å². The lowest BCUT2D eigenvalue weighted by molar-refractivity contribution is -0.0499. The highest BCUT2D eigenvalue weighted by atomic mass is 32.2. The van der Waals surface area contributed by atoms with Crippen molar-refractivity contribution in [3.05, 3.63) is 66.7 Å². The van der Waals surface area contributed by atoms with E-state index in [-0.39, 0.29) is 5.75 Å². The molecule has 3 aromatic carbocycles. The fraction of sp³-hybridized carbons (Fsp3) is 0.0588. The summed E-state index contributed by atoms with van der Waals surface area (Å²) in [4.78, 5) is 0. The largest absolute Gasteiger partial charge is 0.534 e. The maximum Gasteiger partial charge on any atom is 0.534 e. The van der Waals surface area contributed by atoms with Crippen molar-refractivity contribution in [3.63, 3.8) is 0 Å². The Morgan fingerprint density at radius 2 is 1.42 bits per heavy atom. The second-order valence-electron chi connectivity index (χ2n) is 5.01. The van der Waals surface area contributed by atoms with Crippen molar-refractivity contribution in [2.45, 2.75) is 5.51 Å². The van der Waals surface area contributed by atoms with Crippen LogP contribution in [0.15, 0.2) is 66.7 Å². The summed E-state index contributed by atoms with van der Waals surface area (Å²) < 4.78 is 65.2. The standard InChI is InChI=1S/C17H11F3O3S/c18-17(19,20)24(21,22)23-15-11-10-12-6-4-5-9-14(12)16(15)13-7-2-1-3-8-13/h1-11H. The van der Waals surface area contributed by atoms with Crippen LogP contribution in [-0.2, 0) is 10.1 Å². The summed E-state index contributed by atoms with van der Waals surface area (Å²) in [6.45, 7) is 0. The van der Waals surface area contributed by atoms with Crippen molar-refractivity contribution < 1.29 is 25.8 Å². The predicted molar refractivity (Wildman–Crippen MR) is 85.0 cm³/mol. The summed E-state index contributed by atoms with van der Waals surface area (Å²) in [5, 5.41) is 1.35. The number of fused-ring (bicyclic) bond motifs is 1. The third-order valence-corrected chi connectivity index (χ3v) is 4.40. The zero-order chi connectivity index (χ0) is 17.4. The van der Waals surface area contributed by atoms with Gasteiger partial charge in [-0.15, -0.1) is 0 Å². The third-order valence-electron chi connectivity index (χ3n) is 3.44. The quantitative estimate of drug-likeness (QED) is 0.505. The highest BCUT2D eigenvalue weighted by molar-refractivity contribution is 7.88. The van der Waals surface area contributed by atoms with Gasteiger partial charge in [-0.25, -0.2) is 0 Å². The van der Waals surface area contributed by atoms with Crippen LogP contribution in [0.4, 0.5) is 13.2 Å². The van der Waals surface area contributed by atoms with Crippen molar-refractivity contribution in [2.75, 3.05) is 0 Å². The lowest BCUT2D eigenvalue weighted by Gasteiger charge is -2.15. The van der Waals surface area contributed by atoms with Crippen LogP contribution in [0.1, 0.15) is 0 Å². The van der Waals surface area contributed by atoms with Gasteiger partial charge in [-0.05, 0) is 22.4 Å². The smallest absolute Gasteiger partial charge is 0.375 e. The Morgan fingerprint density at radius 1 is 0.792 bits per heavy atom. The molecule has 0 fully saturated rings. The molecule has 0 aliphatic heterocycles. The third kappa shape index (κ3) is 2.94. The van der Waals surface area contributed by atoms with Crippen LogP contribution in [0.2, 0.25) is 0 Å². The lowest BCUT2D eigenvalue weighted by atomic mass is 9.97. The Bertz CT molecular complexity index is 981. The van der Waals surface area contributed by atoms with Crippen LogP contribution in [0.3, 0.4) is 0 Å². The molecule has 0 N–H and O–H groups in total. The van der Waals surface area contributed by atoms with E-state index in [1.54, 1.807) is 54.6 Å². The Morgan fingerprint density at radius 3 is 2.08 bits per heavy atom. The van der Waals surface area contributed by atoms with Gasteiger partial charge in [0.25, 0.3) is 0 Å². The summed E-state index contributed by atoms with van der Waals surface area (Å²) in [5.74, 6) is -0.364. The van der Waals surface area contributed by atoms with Crippen molar-refractivity contribution in [3.8, 4) is 16.9 Å². The van der Waals surface area contributed by atoms with Crippen LogP contribution < -0.4 is 4.18 Å². The zero-order valence-electron chi connectivity index (χ0n) is 12.1. The minimum atomic E-state index is -5.75. The Labute approximate surface area is 136 Å². The maximum atomic E-state index is 12.7. The lowest BCUT2D eigenvalue weighted by Crippen LogP contribution is -2.28. The average Bonchev–Trinajstić information content (AvgIpc) is 2.54. The molecule has 0 saturated carbocycles. The van der Waals surface area contributed by atoms with Crippen molar-refractivity contribution >= 4 is 20.9 Å². The molecule has 0 spiro atoms.